The van der Waals surface area contributed by atoms with Gasteiger partial charge in [0, 0.05) is 31.2 Å². The van der Waals surface area contributed by atoms with Crippen molar-refractivity contribution in [3.8, 4) is 0 Å². The number of amides is 1. The number of hydrogen-bond donors (Lipinski definition) is 2. The van der Waals surface area contributed by atoms with E-state index in [0.717, 1.165) is 44.9 Å². The number of aliphatic hydroxyl groups excluding tert-OH is 1. The van der Waals surface area contributed by atoms with Crippen molar-refractivity contribution in [2.24, 2.45) is 28.6 Å². The third-order valence-electron chi connectivity index (χ3n) is 10.6. The number of nitrogens with zero attached hydrogens (tertiary/aromatic N) is 1. The number of hydrogen-bond acceptors (Lipinski definition) is 6. The molecule has 3 saturated carbocycles. The first-order chi connectivity index (χ1) is 17.0. The van der Waals surface area contributed by atoms with Crippen molar-refractivity contribution in [2.45, 2.75) is 103 Å². The summed E-state index contributed by atoms with van der Waals surface area (Å²) >= 11 is 0. The average molecular weight is 502 g/mol. The van der Waals surface area contributed by atoms with Crippen LogP contribution >= 0.6 is 0 Å². The molecule has 2 N–H and O–H groups in total. The molecular formula is C28H39NO7. The van der Waals surface area contributed by atoms with Crippen molar-refractivity contribution in [3.05, 3.63) is 11.6 Å². The number of aliphatic carboxylic acids is 1. The van der Waals surface area contributed by atoms with Gasteiger partial charge in [-0.05, 0) is 74.2 Å². The van der Waals surface area contributed by atoms with Crippen LogP contribution in [0.15, 0.2) is 11.6 Å². The van der Waals surface area contributed by atoms with E-state index in [9.17, 15) is 29.4 Å². The molecule has 1 saturated heterocycles. The second-order valence-corrected chi connectivity index (χ2v) is 12.4. The highest BCUT2D eigenvalue weighted by Gasteiger charge is 2.60. The summed E-state index contributed by atoms with van der Waals surface area (Å²) in [6.45, 7) is 4.62. The van der Waals surface area contributed by atoms with E-state index in [1.165, 1.54) is 10.5 Å². The molecule has 0 aromatic carbocycles. The average Bonchev–Trinajstić information content (AvgIpc) is 3.38. The lowest BCUT2D eigenvalue weighted by Crippen LogP contribution is -2.51. The maximum absolute atomic E-state index is 12.8. The first kappa shape index (κ1) is 25.4. The number of carbonyl (C=O) groups excluding carboxylic acids is 3. The first-order valence-electron chi connectivity index (χ1n) is 13.7. The Bertz CT molecular complexity index is 990. The molecule has 36 heavy (non-hydrogen) atoms. The molecule has 198 valence electrons. The van der Waals surface area contributed by atoms with E-state index in [4.69, 9.17) is 4.74 Å². The zero-order valence-corrected chi connectivity index (χ0v) is 21.4. The molecule has 0 spiro atoms. The number of ether oxygens (including phenoxy) is 1. The topological polar surface area (TPSA) is 121 Å². The number of carboxylic acids is 1. The monoisotopic (exact) mass is 501 g/mol. The van der Waals surface area contributed by atoms with Crippen LogP contribution < -0.4 is 0 Å². The van der Waals surface area contributed by atoms with Crippen molar-refractivity contribution >= 4 is 23.6 Å². The molecule has 1 heterocycles. The van der Waals surface area contributed by atoms with E-state index in [1.807, 2.05) is 6.08 Å². The maximum atomic E-state index is 12.8. The van der Waals surface area contributed by atoms with Crippen LogP contribution in [0, 0.1) is 28.6 Å². The summed E-state index contributed by atoms with van der Waals surface area (Å²) < 4.78 is 5.99. The number of carboxylic acid groups (broad SMARTS) is 1. The summed E-state index contributed by atoms with van der Waals surface area (Å²) in [4.78, 5) is 50.0. The molecule has 1 amide bonds. The molecule has 0 radical (unpaired) electrons. The Labute approximate surface area is 212 Å². The lowest BCUT2D eigenvalue weighted by Gasteiger charge is -2.57. The Hall–Kier alpha value is -2.22. The molecule has 4 aliphatic carbocycles. The highest BCUT2D eigenvalue weighted by Crippen LogP contribution is 2.65. The fourth-order valence-corrected chi connectivity index (χ4v) is 8.60. The minimum Gasteiger partial charge on any atom is -0.480 e. The largest absolute Gasteiger partial charge is 0.480 e. The Morgan fingerprint density at radius 1 is 1.06 bits per heavy atom. The van der Waals surface area contributed by atoms with Gasteiger partial charge in [0.2, 0.25) is 5.91 Å². The van der Waals surface area contributed by atoms with E-state index in [1.54, 1.807) is 0 Å². The molecule has 8 heteroatoms. The zero-order chi connectivity index (χ0) is 25.8. The molecule has 8 nitrogen and oxygen atoms in total. The fourth-order valence-electron chi connectivity index (χ4n) is 8.60. The lowest BCUT2D eigenvalue weighted by molar-refractivity contribution is -0.161. The molecular weight excluding hydrogens is 462 g/mol. The molecule has 0 aromatic rings. The highest BCUT2D eigenvalue weighted by molar-refractivity contribution is 5.91. The minimum atomic E-state index is -1.14. The summed E-state index contributed by atoms with van der Waals surface area (Å²) in [6.07, 6.45) is 8.37. The van der Waals surface area contributed by atoms with Gasteiger partial charge in [-0.15, -0.1) is 0 Å². The van der Waals surface area contributed by atoms with Crippen molar-refractivity contribution in [2.75, 3.05) is 6.54 Å². The Morgan fingerprint density at radius 2 is 1.83 bits per heavy atom. The van der Waals surface area contributed by atoms with Crippen LogP contribution in [-0.2, 0) is 23.9 Å². The SMILES string of the molecule is C[C@]12CC[C@@H]3[C@H](CCC4=CC(=O)CC[C@@]43C)[C@@H]1CC[C@@H]2OC(=O)CCC(=O)N1C[C@H](O)C[C@@H]1C(=O)O. The number of aliphatic hydroxyl groups is 1. The minimum absolute atomic E-state index is 0.0141. The number of ketones is 1. The summed E-state index contributed by atoms with van der Waals surface area (Å²) in [5.74, 6) is -0.0520. The van der Waals surface area contributed by atoms with Crippen LogP contribution in [0.2, 0.25) is 0 Å². The van der Waals surface area contributed by atoms with E-state index in [0.29, 0.717) is 24.2 Å². The predicted octanol–water partition coefficient (Wildman–Crippen LogP) is 3.26. The van der Waals surface area contributed by atoms with Crippen LogP contribution in [0.3, 0.4) is 0 Å². The number of likely N-dealkylation sites (tertiary alicyclic amines) is 1. The lowest BCUT2D eigenvalue weighted by atomic mass is 9.47. The van der Waals surface area contributed by atoms with Gasteiger partial charge in [-0.3, -0.25) is 14.4 Å². The van der Waals surface area contributed by atoms with Crippen LogP contribution in [-0.4, -0.2) is 63.5 Å². The zero-order valence-electron chi connectivity index (χ0n) is 21.4. The van der Waals surface area contributed by atoms with Crippen LogP contribution in [0.25, 0.3) is 0 Å². The smallest absolute Gasteiger partial charge is 0.326 e. The standard InChI is InChI=1S/C28H39NO7/c1-27-11-9-17(30)13-16(27)3-4-19-20-5-6-23(28(20,2)12-10-21(19)27)36-25(33)8-7-24(32)29-15-18(31)14-22(29)26(34)35/h13,18-23,31H,3-12,14-15H2,1-2H3,(H,34,35)/t18-,19-,20+,21-,22-,23+,27+,28+/m1/s1. The van der Waals surface area contributed by atoms with Crippen molar-refractivity contribution in [1.82, 2.24) is 4.90 Å². The summed E-state index contributed by atoms with van der Waals surface area (Å²) in [7, 11) is 0. The molecule has 0 bridgehead atoms. The quantitative estimate of drug-likeness (QED) is 0.555. The predicted molar refractivity (Wildman–Crippen MR) is 130 cm³/mol. The first-order valence-corrected chi connectivity index (χ1v) is 13.7. The van der Waals surface area contributed by atoms with Gasteiger partial charge in [-0.2, -0.15) is 0 Å². The van der Waals surface area contributed by atoms with Gasteiger partial charge in [-0.1, -0.05) is 19.4 Å². The fraction of sp³-hybridized carbons (Fsp3) is 0.786. The van der Waals surface area contributed by atoms with Crippen molar-refractivity contribution < 1.29 is 34.1 Å². The van der Waals surface area contributed by atoms with Crippen molar-refractivity contribution in [3.63, 3.8) is 0 Å². The van der Waals surface area contributed by atoms with Gasteiger partial charge < -0.3 is 19.8 Å². The van der Waals surface area contributed by atoms with Crippen LogP contribution in [0.1, 0.15) is 84.5 Å². The van der Waals surface area contributed by atoms with E-state index < -0.39 is 30.0 Å². The normalized spacial score (nSPS) is 41.7. The molecule has 1 aliphatic heterocycles. The van der Waals surface area contributed by atoms with Crippen molar-refractivity contribution in [1.29, 1.82) is 0 Å². The number of allylic oxidation sites excluding steroid dienone is 1. The van der Waals surface area contributed by atoms with Crippen LogP contribution in [0.4, 0.5) is 0 Å². The van der Waals surface area contributed by atoms with E-state index in [2.05, 4.69) is 13.8 Å². The highest BCUT2D eigenvalue weighted by atomic mass is 16.5. The molecule has 0 unspecified atom stereocenters. The van der Waals surface area contributed by atoms with Gasteiger partial charge in [0.05, 0.1) is 12.5 Å². The molecule has 8 atom stereocenters. The summed E-state index contributed by atoms with van der Waals surface area (Å²) in [5, 5.41) is 19.1. The number of carbonyl (C=O) groups is 4. The maximum Gasteiger partial charge on any atom is 0.326 e. The number of esters is 1. The number of rotatable bonds is 5. The Morgan fingerprint density at radius 3 is 2.58 bits per heavy atom. The molecule has 0 aromatic heterocycles. The third-order valence-corrected chi connectivity index (χ3v) is 10.6. The van der Waals surface area contributed by atoms with E-state index in [-0.39, 0.29) is 48.5 Å². The number of β-amino-alcohol motifs (C(OH)–C–C–N with tert-alkyl or cyclic N) is 1. The second kappa shape index (κ2) is 9.26. The molecule has 5 rings (SSSR count). The van der Waals surface area contributed by atoms with Gasteiger partial charge >= 0.3 is 11.9 Å². The Balaban J connectivity index is 1.19. The van der Waals surface area contributed by atoms with Crippen LogP contribution in [0.5, 0.6) is 0 Å². The van der Waals surface area contributed by atoms with Gasteiger partial charge in [0.25, 0.3) is 0 Å². The third kappa shape index (κ3) is 4.19. The summed E-state index contributed by atoms with van der Waals surface area (Å²) in [6, 6.07) is -1.04. The second-order valence-electron chi connectivity index (χ2n) is 12.4. The molecule has 4 fully saturated rings. The van der Waals surface area contributed by atoms with Gasteiger partial charge in [0.1, 0.15) is 12.1 Å². The number of fused-ring (bicyclic) bond motifs is 5. The summed E-state index contributed by atoms with van der Waals surface area (Å²) in [5.41, 5.74) is 1.39. The van der Waals surface area contributed by atoms with Gasteiger partial charge in [-0.25, -0.2) is 4.79 Å². The van der Waals surface area contributed by atoms with E-state index >= 15 is 0 Å². The Kier molecular flexibility index (Phi) is 6.54. The molecule has 5 aliphatic rings. The van der Waals surface area contributed by atoms with Gasteiger partial charge in [0.15, 0.2) is 5.78 Å².